The standard InChI is InChI=1S/C20H12N4O2/c1-23-17-7-6-15(25)9-16(17)19-18(23)8-13(11-22)20(26)24(19)14-4-2-12(10-21)3-5-14/h2-9,25H,1H3. The molecule has 0 amide bonds. The first-order valence-electron chi connectivity index (χ1n) is 7.83. The predicted octanol–water partition coefficient (Wildman–Crippen LogP) is 2.93. The van der Waals surface area contributed by atoms with E-state index in [1.807, 2.05) is 23.8 Å². The molecule has 0 fully saturated rings. The Labute approximate surface area is 148 Å². The van der Waals surface area contributed by atoms with E-state index in [9.17, 15) is 15.2 Å². The molecule has 0 bridgehead atoms. The minimum Gasteiger partial charge on any atom is -0.508 e. The fourth-order valence-electron chi connectivity index (χ4n) is 3.26. The molecule has 0 spiro atoms. The summed E-state index contributed by atoms with van der Waals surface area (Å²) < 4.78 is 3.33. The number of nitriles is 2. The van der Waals surface area contributed by atoms with Gasteiger partial charge in [0.1, 0.15) is 17.4 Å². The highest BCUT2D eigenvalue weighted by molar-refractivity contribution is 6.07. The molecule has 1 N–H and O–H groups in total. The van der Waals surface area contributed by atoms with Crippen molar-refractivity contribution in [1.29, 1.82) is 10.5 Å². The molecule has 0 radical (unpaired) electrons. The van der Waals surface area contributed by atoms with Crippen molar-refractivity contribution in [2.45, 2.75) is 0 Å². The molecule has 0 aliphatic rings. The van der Waals surface area contributed by atoms with Crippen LogP contribution in [0.5, 0.6) is 5.75 Å². The average Bonchev–Trinajstić information content (AvgIpc) is 2.93. The third kappa shape index (κ3) is 2.07. The lowest BCUT2D eigenvalue weighted by Crippen LogP contribution is -2.21. The van der Waals surface area contributed by atoms with Crippen molar-refractivity contribution in [3.63, 3.8) is 0 Å². The number of rotatable bonds is 1. The second-order valence-electron chi connectivity index (χ2n) is 5.96. The minimum absolute atomic E-state index is 0.0250. The number of aromatic nitrogens is 2. The maximum atomic E-state index is 12.9. The van der Waals surface area contributed by atoms with Crippen molar-refractivity contribution in [2.24, 2.45) is 7.05 Å². The number of hydrogen-bond donors (Lipinski definition) is 1. The van der Waals surface area contributed by atoms with Crippen LogP contribution in [0.3, 0.4) is 0 Å². The highest BCUT2D eigenvalue weighted by Crippen LogP contribution is 2.31. The Hall–Kier alpha value is -4.03. The maximum absolute atomic E-state index is 12.9. The summed E-state index contributed by atoms with van der Waals surface area (Å²) in [5.74, 6) is 0.0909. The van der Waals surface area contributed by atoms with Crippen LogP contribution in [0.1, 0.15) is 11.1 Å². The van der Waals surface area contributed by atoms with Crippen LogP contribution in [0.25, 0.3) is 27.6 Å². The van der Waals surface area contributed by atoms with Crippen LogP contribution in [0, 0.1) is 22.7 Å². The molecule has 0 atom stereocenters. The number of pyridine rings is 1. The third-order valence-electron chi connectivity index (χ3n) is 4.51. The molecule has 4 aromatic rings. The Morgan fingerprint density at radius 2 is 1.69 bits per heavy atom. The SMILES string of the molecule is Cn1c2ccc(O)cc2c2c1cc(C#N)c(=O)n2-c1ccc(C#N)cc1. The Bertz CT molecular complexity index is 1330. The van der Waals surface area contributed by atoms with Crippen LogP contribution in [0.2, 0.25) is 0 Å². The molecule has 2 aromatic heterocycles. The molecule has 2 heterocycles. The summed E-state index contributed by atoms with van der Waals surface area (Å²) in [6, 6.07) is 17.1. The summed E-state index contributed by atoms with van der Waals surface area (Å²) in [6.07, 6.45) is 0. The molecule has 0 unspecified atom stereocenters. The van der Waals surface area contributed by atoms with Crippen LogP contribution in [-0.4, -0.2) is 14.2 Å². The van der Waals surface area contributed by atoms with E-state index in [-0.39, 0.29) is 11.3 Å². The van der Waals surface area contributed by atoms with Gasteiger partial charge >= 0.3 is 0 Å². The van der Waals surface area contributed by atoms with E-state index >= 15 is 0 Å². The van der Waals surface area contributed by atoms with Crippen LogP contribution in [0.15, 0.2) is 53.3 Å². The molecule has 0 aliphatic carbocycles. The fourth-order valence-corrected chi connectivity index (χ4v) is 3.26. The number of aryl methyl sites for hydroxylation is 1. The van der Waals surface area contributed by atoms with Gasteiger partial charge in [-0.05, 0) is 48.5 Å². The molecule has 2 aromatic carbocycles. The number of benzene rings is 2. The van der Waals surface area contributed by atoms with E-state index in [0.29, 0.717) is 27.7 Å². The predicted molar refractivity (Wildman–Crippen MR) is 97.1 cm³/mol. The van der Waals surface area contributed by atoms with E-state index in [2.05, 4.69) is 0 Å². The molecular formula is C20H12N4O2. The van der Waals surface area contributed by atoms with Gasteiger partial charge in [0.15, 0.2) is 0 Å². The fraction of sp³-hybridized carbons (Fsp3) is 0.0500. The van der Waals surface area contributed by atoms with Crippen molar-refractivity contribution in [3.8, 4) is 23.6 Å². The lowest BCUT2D eigenvalue weighted by atomic mass is 10.1. The van der Waals surface area contributed by atoms with Gasteiger partial charge in [-0.3, -0.25) is 9.36 Å². The van der Waals surface area contributed by atoms with Gasteiger partial charge in [-0.25, -0.2) is 0 Å². The van der Waals surface area contributed by atoms with Gasteiger partial charge in [-0.15, -0.1) is 0 Å². The van der Waals surface area contributed by atoms with E-state index in [1.165, 1.54) is 4.57 Å². The van der Waals surface area contributed by atoms with Crippen molar-refractivity contribution < 1.29 is 5.11 Å². The monoisotopic (exact) mass is 340 g/mol. The topological polar surface area (TPSA) is 94.7 Å². The number of hydrogen-bond acceptors (Lipinski definition) is 4. The third-order valence-corrected chi connectivity index (χ3v) is 4.51. The first-order valence-corrected chi connectivity index (χ1v) is 7.83. The smallest absolute Gasteiger partial charge is 0.273 e. The maximum Gasteiger partial charge on any atom is 0.273 e. The molecule has 6 nitrogen and oxygen atoms in total. The van der Waals surface area contributed by atoms with Crippen LogP contribution >= 0.6 is 0 Å². The Balaban J connectivity index is 2.24. The zero-order valence-corrected chi connectivity index (χ0v) is 13.8. The van der Waals surface area contributed by atoms with Crippen LogP contribution in [0.4, 0.5) is 0 Å². The molecule has 0 saturated heterocycles. The molecule has 0 saturated carbocycles. The lowest BCUT2D eigenvalue weighted by Gasteiger charge is -2.10. The molecular weight excluding hydrogens is 328 g/mol. The number of phenols is 1. The van der Waals surface area contributed by atoms with E-state index in [1.54, 1.807) is 48.5 Å². The molecule has 6 heteroatoms. The molecule has 26 heavy (non-hydrogen) atoms. The van der Waals surface area contributed by atoms with Gasteiger partial charge in [-0.2, -0.15) is 10.5 Å². The van der Waals surface area contributed by atoms with Gasteiger partial charge in [0, 0.05) is 18.1 Å². The van der Waals surface area contributed by atoms with Crippen molar-refractivity contribution in [3.05, 3.63) is 70.0 Å². The summed E-state index contributed by atoms with van der Waals surface area (Å²) in [7, 11) is 1.84. The van der Waals surface area contributed by atoms with Gasteiger partial charge in [-0.1, -0.05) is 0 Å². The quantitative estimate of drug-likeness (QED) is 0.576. The Kier molecular flexibility index (Phi) is 3.28. The van der Waals surface area contributed by atoms with Crippen LogP contribution in [-0.2, 0) is 7.05 Å². The number of fused-ring (bicyclic) bond motifs is 3. The van der Waals surface area contributed by atoms with Crippen molar-refractivity contribution in [2.75, 3.05) is 0 Å². The molecule has 4 rings (SSSR count). The van der Waals surface area contributed by atoms with Crippen LogP contribution < -0.4 is 5.56 Å². The van der Waals surface area contributed by atoms with E-state index < -0.39 is 5.56 Å². The number of aromatic hydroxyl groups is 1. The zero-order valence-electron chi connectivity index (χ0n) is 13.8. The van der Waals surface area contributed by atoms with Gasteiger partial charge < -0.3 is 9.67 Å². The second kappa shape index (κ2) is 5.51. The van der Waals surface area contributed by atoms with Crippen molar-refractivity contribution in [1.82, 2.24) is 9.13 Å². The normalized spacial score (nSPS) is 10.7. The average molecular weight is 340 g/mol. The van der Waals surface area contributed by atoms with E-state index in [4.69, 9.17) is 5.26 Å². The first-order chi connectivity index (χ1) is 12.5. The van der Waals surface area contributed by atoms with Gasteiger partial charge in [0.05, 0.1) is 28.2 Å². The Morgan fingerprint density at radius 1 is 0.962 bits per heavy atom. The largest absolute Gasteiger partial charge is 0.508 e. The first kappa shape index (κ1) is 15.5. The second-order valence-corrected chi connectivity index (χ2v) is 5.96. The number of phenolic OH excluding ortho intramolecular Hbond substituents is 1. The van der Waals surface area contributed by atoms with E-state index in [0.717, 1.165) is 5.52 Å². The molecule has 0 aliphatic heterocycles. The summed E-state index contributed by atoms with van der Waals surface area (Å²) in [5, 5.41) is 29.0. The summed E-state index contributed by atoms with van der Waals surface area (Å²) in [4.78, 5) is 12.9. The van der Waals surface area contributed by atoms with Crippen molar-refractivity contribution >= 4 is 21.9 Å². The summed E-state index contributed by atoms with van der Waals surface area (Å²) in [6.45, 7) is 0. The highest BCUT2D eigenvalue weighted by Gasteiger charge is 2.18. The summed E-state index contributed by atoms with van der Waals surface area (Å²) >= 11 is 0. The Morgan fingerprint density at radius 3 is 2.35 bits per heavy atom. The lowest BCUT2D eigenvalue weighted by molar-refractivity contribution is 0.476. The number of nitrogens with zero attached hydrogens (tertiary/aromatic N) is 4. The van der Waals surface area contributed by atoms with Gasteiger partial charge in [0.25, 0.3) is 5.56 Å². The molecule has 124 valence electrons. The summed E-state index contributed by atoms with van der Waals surface area (Å²) in [5.41, 5.74) is 2.74. The van der Waals surface area contributed by atoms with Gasteiger partial charge in [0.2, 0.25) is 0 Å². The minimum atomic E-state index is -0.444. The highest BCUT2D eigenvalue weighted by atomic mass is 16.3. The zero-order chi connectivity index (χ0) is 18.4.